The number of methoxy groups -OCH3 is 1. The molecule has 1 aliphatic rings. The molecule has 6 nitrogen and oxygen atoms in total. The number of rotatable bonds is 8. The van der Waals surface area contributed by atoms with Crippen molar-refractivity contribution in [1.82, 2.24) is 4.57 Å². The summed E-state index contributed by atoms with van der Waals surface area (Å²) in [5, 5.41) is 10.8. The number of aliphatic carboxylic acids is 1. The van der Waals surface area contributed by atoms with Gasteiger partial charge in [0.05, 0.1) is 35.9 Å². The van der Waals surface area contributed by atoms with Crippen LogP contribution in [0.3, 0.4) is 0 Å². The van der Waals surface area contributed by atoms with E-state index >= 15 is 0 Å². The highest BCUT2D eigenvalue weighted by Crippen LogP contribution is 2.42. The topological polar surface area (TPSA) is 77.8 Å². The number of aromatic nitrogens is 1. The van der Waals surface area contributed by atoms with Crippen molar-refractivity contribution in [2.75, 3.05) is 20.3 Å². The van der Waals surface area contributed by atoms with Crippen LogP contribution in [0.15, 0.2) is 36.4 Å². The van der Waals surface area contributed by atoms with Crippen molar-refractivity contribution in [1.29, 1.82) is 0 Å². The highest BCUT2D eigenvalue weighted by molar-refractivity contribution is 6.46. The van der Waals surface area contributed by atoms with Gasteiger partial charge in [0.15, 0.2) is 5.78 Å². The average molecular weight is 504 g/mol. The monoisotopic (exact) mass is 503 g/mol. The zero-order valence-electron chi connectivity index (χ0n) is 19.4. The van der Waals surface area contributed by atoms with Crippen LogP contribution >= 0.6 is 23.2 Å². The van der Waals surface area contributed by atoms with Gasteiger partial charge in [-0.15, -0.1) is 0 Å². The number of carbonyl (C=O) groups excluding carboxylic acids is 1. The maximum Gasteiger partial charge on any atom is 0.310 e. The smallest absolute Gasteiger partial charge is 0.310 e. The zero-order valence-corrected chi connectivity index (χ0v) is 20.9. The summed E-state index contributed by atoms with van der Waals surface area (Å²) in [4.78, 5) is 25.1. The number of halogens is 2. The number of carbonyl (C=O) groups is 2. The van der Waals surface area contributed by atoms with Gasteiger partial charge in [-0.2, -0.15) is 0 Å². The molecule has 34 heavy (non-hydrogen) atoms. The number of ketones is 1. The van der Waals surface area contributed by atoms with Gasteiger partial charge in [-0.25, -0.2) is 0 Å². The molecule has 8 heteroatoms. The second kappa shape index (κ2) is 9.61. The molecule has 1 N–H and O–H groups in total. The van der Waals surface area contributed by atoms with E-state index in [9.17, 15) is 14.7 Å². The molecule has 0 bridgehead atoms. The number of nitrogens with zero attached hydrogens (tertiary/aromatic N) is 1. The number of aryl methyl sites for hydroxylation is 1. The third kappa shape index (κ3) is 4.19. The number of benzene rings is 2. The van der Waals surface area contributed by atoms with Crippen molar-refractivity contribution in [2.45, 2.75) is 37.5 Å². The van der Waals surface area contributed by atoms with Crippen LogP contribution in [0, 0.1) is 0 Å². The first kappa shape index (κ1) is 24.6. The standard InChI is InChI=1S/C26H27Cl2NO5/c1-4-17(25(31)32)15-5-7-16(8-6-15)26(9-10-34-14-26)13-21(30)20-11-18-19(29(20)2)12-22(33-3)24(28)23(18)27/h5-8,11-12,17H,4,9-10,13-14H2,1-3H3,(H,31,32). The summed E-state index contributed by atoms with van der Waals surface area (Å²) in [5.74, 6) is -0.963. The lowest BCUT2D eigenvalue weighted by Crippen LogP contribution is -2.30. The predicted octanol–water partition coefficient (Wildman–Crippen LogP) is 6.00. The third-order valence-corrected chi connectivity index (χ3v) is 7.80. The van der Waals surface area contributed by atoms with E-state index < -0.39 is 17.3 Å². The lowest BCUT2D eigenvalue weighted by atomic mass is 9.75. The molecule has 2 heterocycles. The van der Waals surface area contributed by atoms with Crippen LogP contribution < -0.4 is 4.74 Å². The number of fused-ring (bicyclic) bond motifs is 1. The van der Waals surface area contributed by atoms with Crippen molar-refractivity contribution in [2.24, 2.45) is 7.05 Å². The molecule has 0 amide bonds. The van der Waals surface area contributed by atoms with Gasteiger partial charge < -0.3 is 19.1 Å². The largest absolute Gasteiger partial charge is 0.495 e. The number of hydrogen-bond acceptors (Lipinski definition) is 4. The SMILES string of the molecule is CCC(C(=O)O)c1ccc(C2(CC(=O)c3cc4c(Cl)c(Cl)c(OC)cc4n3C)CCOC2)cc1. The summed E-state index contributed by atoms with van der Waals surface area (Å²) in [5.41, 5.74) is 2.55. The second-order valence-electron chi connectivity index (χ2n) is 8.83. The van der Waals surface area contributed by atoms with E-state index in [1.54, 1.807) is 12.1 Å². The molecule has 1 fully saturated rings. The quantitative estimate of drug-likeness (QED) is 0.381. The van der Waals surface area contributed by atoms with Gasteiger partial charge >= 0.3 is 5.97 Å². The van der Waals surface area contributed by atoms with Gasteiger partial charge in [-0.1, -0.05) is 54.4 Å². The van der Waals surface area contributed by atoms with E-state index in [1.165, 1.54) is 7.11 Å². The fourth-order valence-corrected chi connectivity index (χ4v) is 5.37. The molecule has 2 atom stereocenters. The highest BCUT2D eigenvalue weighted by atomic mass is 35.5. The average Bonchev–Trinajstić information content (AvgIpc) is 3.42. The first-order valence-electron chi connectivity index (χ1n) is 11.2. The molecule has 1 aromatic heterocycles. The minimum Gasteiger partial charge on any atom is -0.495 e. The van der Waals surface area contributed by atoms with Gasteiger partial charge in [0.25, 0.3) is 0 Å². The second-order valence-corrected chi connectivity index (χ2v) is 9.59. The molecule has 2 aromatic carbocycles. The Labute approximate surface area is 208 Å². The summed E-state index contributed by atoms with van der Waals surface area (Å²) in [6.07, 6.45) is 1.48. The predicted molar refractivity (Wildman–Crippen MR) is 133 cm³/mol. The summed E-state index contributed by atoms with van der Waals surface area (Å²) in [6.45, 7) is 2.85. The van der Waals surface area contributed by atoms with Crippen LogP contribution in [0.25, 0.3) is 10.9 Å². The van der Waals surface area contributed by atoms with Crippen LogP contribution in [0.1, 0.15) is 53.7 Å². The molecular weight excluding hydrogens is 477 g/mol. The number of ether oxygens (including phenoxy) is 2. The zero-order chi connectivity index (χ0) is 24.6. The minimum absolute atomic E-state index is 0.0311. The van der Waals surface area contributed by atoms with Gasteiger partial charge in [0.1, 0.15) is 10.8 Å². The molecule has 0 spiro atoms. The molecule has 0 radical (unpaired) electrons. The lowest BCUT2D eigenvalue weighted by Gasteiger charge is -2.28. The molecule has 4 rings (SSSR count). The number of hydrogen-bond donors (Lipinski definition) is 1. The molecular formula is C26H27Cl2NO5. The normalized spacial score (nSPS) is 18.9. The highest BCUT2D eigenvalue weighted by Gasteiger charge is 2.39. The number of Topliss-reactive ketones (excluding diaryl/α,β-unsaturated/α-hetero) is 1. The van der Waals surface area contributed by atoms with Gasteiger partial charge in [0, 0.05) is 36.9 Å². The van der Waals surface area contributed by atoms with E-state index in [1.807, 2.05) is 42.8 Å². The van der Waals surface area contributed by atoms with Crippen LogP contribution in [0.5, 0.6) is 5.75 Å². The third-order valence-electron chi connectivity index (χ3n) is 6.93. The number of carboxylic acids is 1. The Balaban J connectivity index is 1.68. The summed E-state index contributed by atoms with van der Waals surface area (Å²) in [6, 6.07) is 11.1. The van der Waals surface area contributed by atoms with E-state index in [4.69, 9.17) is 32.7 Å². The Hall–Kier alpha value is -2.54. The molecule has 1 aliphatic heterocycles. The lowest BCUT2D eigenvalue weighted by molar-refractivity contribution is -0.138. The maximum atomic E-state index is 13.6. The summed E-state index contributed by atoms with van der Waals surface area (Å²) < 4.78 is 12.9. The molecule has 1 saturated heterocycles. The Morgan fingerprint density at radius 3 is 2.47 bits per heavy atom. The molecule has 180 valence electrons. The Morgan fingerprint density at radius 2 is 1.91 bits per heavy atom. The van der Waals surface area contributed by atoms with Crippen molar-refractivity contribution in [3.05, 3.63) is 63.3 Å². The number of carboxylic acid groups (broad SMARTS) is 1. The van der Waals surface area contributed by atoms with Crippen LogP contribution in [0.4, 0.5) is 0 Å². The fourth-order valence-electron chi connectivity index (χ4n) is 4.89. The van der Waals surface area contributed by atoms with E-state index in [2.05, 4.69) is 0 Å². The van der Waals surface area contributed by atoms with E-state index in [0.29, 0.717) is 52.9 Å². The van der Waals surface area contributed by atoms with Gasteiger partial charge in [-0.05, 0) is 30.0 Å². The molecule has 2 unspecified atom stereocenters. The van der Waals surface area contributed by atoms with E-state index in [0.717, 1.165) is 16.6 Å². The van der Waals surface area contributed by atoms with Gasteiger partial charge in [-0.3, -0.25) is 9.59 Å². The maximum absolute atomic E-state index is 13.6. The first-order chi connectivity index (χ1) is 16.2. The van der Waals surface area contributed by atoms with E-state index in [-0.39, 0.29) is 12.2 Å². The summed E-state index contributed by atoms with van der Waals surface area (Å²) in [7, 11) is 3.34. The van der Waals surface area contributed by atoms with Crippen molar-refractivity contribution in [3.8, 4) is 5.75 Å². The molecule has 3 aromatic rings. The molecule has 0 saturated carbocycles. The first-order valence-corrected chi connectivity index (χ1v) is 11.9. The van der Waals surface area contributed by atoms with Crippen molar-refractivity contribution >= 4 is 45.9 Å². The Kier molecular flexibility index (Phi) is 6.94. The van der Waals surface area contributed by atoms with Crippen LogP contribution in [-0.4, -0.2) is 41.7 Å². The summed E-state index contributed by atoms with van der Waals surface area (Å²) >= 11 is 12.8. The van der Waals surface area contributed by atoms with Crippen molar-refractivity contribution in [3.63, 3.8) is 0 Å². The van der Waals surface area contributed by atoms with Crippen LogP contribution in [0.2, 0.25) is 10.0 Å². The minimum atomic E-state index is -0.837. The van der Waals surface area contributed by atoms with Gasteiger partial charge in [0.2, 0.25) is 0 Å². The van der Waals surface area contributed by atoms with Crippen molar-refractivity contribution < 1.29 is 24.2 Å². The Bertz CT molecular complexity index is 1240. The Morgan fingerprint density at radius 1 is 1.21 bits per heavy atom. The fraction of sp³-hybridized carbons (Fsp3) is 0.385. The molecule has 0 aliphatic carbocycles. The van der Waals surface area contributed by atoms with Crippen LogP contribution in [-0.2, 0) is 22.0 Å².